The molecule has 0 aliphatic carbocycles. The second-order valence-electron chi connectivity index (χ2n) is 6.84. The number of nitrogens with one attached hydrogen (secondary N) is 2. The van der Waals surface area contributed by atoms with Gasteiger partial charge >= 0.3 is 0 Å². The van der Waals surface area contributed by atoms with Gasteiger partial charge in [0.2, 0.25) is 0 Å². The lowest BCUT2D eigenvalue weighted by molar-refractivity contribution is -0.116. The van der Waals surface area contributed by atoms with E-state index in [0.29, 0.717) is 37.8 Å². The van der Waals surface area contributed by atoms with Crippen LogP contribution < -0.4 is 16.5 Å². The number of thioether (sulfide) groups is 1. The van der Waals surface area contributed by atoms with E-state index in [-0.39, 0.29) is 17.0 Å². The van der Waals surface area contributed by atoms with Crippen LogP contribution >= 0.6 is 34.4 Å². The number of rotatable bonds is 5. The zero-order valence-electron chi connectivity index (χ0n) is 16.7. The van der Waals surface area contributed by atoms with E-state index in [1.807, 2.05) is 13.8 Å². The number of carbonyl (C=O) groups excluding carboxylic acids is 1. The van der Waals surface area contributed by atoms with Crippen molar-refractivity contribution in [2.24, 2.45) is 0 Å². The normalized spacial score (nSPS) is 12.5. The van der Waals surface area contributed by atoms with Gasteiger partial charge in [-0.25, -0.2) is 14.6 Å². The largest absolute Gasteiger partial charge is 0.309 e. The first-order chi connectivity index (χ1) is 14.3. The lowest BCUT2D eigenvalue weighted by Crippen LogP contribution is -2.38. The summed E-state index contributed by atoms with van der Waals surface area (Å²) < 4.78 is 1.18. The van der Waals surface area contributed by atoms with Crippen LogP contribution in [0.15, 0.2) is 21.0 Å². The molecule has 0 saturated carbocycles. The predicted molar refractivity (Wildman–Crippen MR) is 123 cm³/mol. The van der Waals surface area contributed by atoms with Crippen molar-refractivity contribution in [1.82, 2.24) is 19.6 Å². The van der Waals surface area contributed by atoms with E-state index in [4.69, 9.17) is 0 Å². The average Bonchev–Trinajstić information content (AvgIpc) is 3.27. The molecule has 1 atom stereocenters. The third kappa shape index (κ3) is 3.68. The number of nitrogens with zero attached hydrogens (tertiary/aromatic N) is 3. The van der Waals surface area contributed by atoms with Crippen molar-refractivity contribution in [2.45, 2.75) is 38.7 Å². The van der Waals surface area contributed by atoms with Gasteiger partial charge in [0.15, 0.2) is 0 Å². The molecular weight excluding hydrogens is 442 g/mol. The highest BCUT2D eigenvalue weighted by molar-refractivity contribution is 7.99. The molecule has 0 fully saturated rings. The molecule has 156 valence electrons. The Morgan fingerprint density at radius 2 is 2.03 bits per heavy atom. The minimum absolute atomic E-state index is 0.160. The van der Waals surface area contributed by atoms with Crippen LogP contribution in [-0.2, 0) is 10.5 Å². The van der Waals surface area contributed by atoms with E-state index < -0.39 is 5.25 Å². The van der Waals surface area contributed by atoms with Crippen LogP contribution in [0.25, 0.3) is 20.4 Å². The summed E-state index contributed by atoms with van der Waals surface area (Å²) in [5, 5.41) is 2.43. The number of thiophene rings is 2. The summed E-state index contributed by atoms with van der Waals surface area (Å²) in [6.45, 7) is 7.30. The van der Waals surface area contributed by atoms with Crippen molar-refractivity contribution in [3.05, 3.63) is 54.2 Å². The molecule has 0 bridgehead atoms. The molecule has 0 aliphatic rings. The first-order valence-corrected chi connectivity index (χ1v) is 11.9. The summed E-state index contributed by atoms with van der Waals surface area (Å²) in [5.41, 5.74) is 3.13. The predicted octanol–water partition coefficient (Wildman–Crippen LogP) is 3.07. The Morgan fingerprint density at radius 1 is 1.27 bits per heavy atom. The lowest BCUT2D eigenvalue weighted by Gasteiger charge is -2.14. The molecule has 11 heteroatoms. The minimum Gasteiger partial charge on any atom is -0.309 e. The van der Waals surface area contributed by atoms with Crippen LogP contribution in [0.1, 0.15) is 29.0 Å². The Kier molecular flexibility index (Phi) is 5.51. The Bertz CT molecular complexity index is 1400. The molecule has 4 aromatic heterocycles. The van der Waals surface area contributed by atoms with Crippen LogP contribution in [-0.4, -0.2) is 30.8 Å². The van der Waals surface area contributed by atoms with Crippen molar-refractivity contribution in [3.63, 3.8) is 0 Å². The molecule has 0 saturated heterocycles. The first kappa shape index (κ1) is 20.8. The molecule has 1 amide bonds. The zero-order chi connectivity index (χ0) is 21.6. The van der Waals surface area contributed by atoms with E-state index in [9.17, 15) is 14.4 Å². The van der Waals surface area contributed by atoms with Crippen molar-refractivity contribution < 1.29 is 4.79 Å². The maximum absolute atomic E-state index is 12.6. The van der Waals surface area contributed by atoms with Gasteiger partial charge in [-0.05, 0) is 44.7 Å². The fourth-order valence-corrected chi connectivity index (χ4v) is 5.59. The third-order valence-electron chi connectivity index (χ3n) is 4.81. The van der Waals surface area contributed by atoms with Gasteiger partial charge in [0.1, 0.15) is 21.3 Å². The van der Waals surface area contributed by atoms with Crippen LogP contribution in [0.3, 0.4) is 0 Å². The topological polar surface area (TPSA) is 110 Å². The van der Waals surface area contributed by atoms with Gasteiger partial charge in [-0.3, -0.25) is 19.8 Å². The van der Waals surface area contributed by atoms with Gasteiger partial charge in [0, 0.05) is 4.88 Å². The summed E-state index contributed by atoms with van der Waals surface area (Å²) in [5.74, 6) is 0.979. The Morgan fingerprint density at radius 3 is 2.80 bits per heavy atom. The number of carbonyl (C=O) groups is 1. The molecule has 4 rings (SSSR count). The molecular formula is C19H19N5O3S3. The Labute approximate surface area is 183 Å². The van der Waals surface area contributed by atoms with Gasteiger partial charge < -0.3 is 4.98 Å². The molecule has 0 spiro atoms. The van der Waals surface area contributed by atoms with Crippen LogP contribution in [0, 0.1) is 20.8 Å². The summed E-state index contributed by atoms with van der Waals surface area (Å²) in [6.07, 6.45) is 0. The van der Waals surface area contributed by atoms with Crippen LogP contribution in [0.5, 0.6) is 0 Å². The Hall–Kier alpha value is -2.50. The quantitative estimate of drug-likeness (QED) is 0.473. The van der Waals surface area contributed by atoms with E-state index in [0.717, 1.165) is 10.4 Å². The van der Waals surface area contributed by atoms with Crippen molar-refractivity contribution in [1.29, 1.82) is 0 Å². The molecule has 0 aromatic carbocycles. The van der Waals surface area contributed by atoms with E-state index in [1.165, 1.54) is 39.1 Å². The monoisotopic (exact) mass is 461 g/mol. The van der Waals surface area contributed by atoms with Crippen molar-refractivity contribution in [2.75, 3.05) is 5.43 Å². The van der Waals surface area contributed by atoms with Gasteiger partial charge in [0.05, 0.1) is 21.8 Å². The highest BCUT2D eigenvalue weighted by Crippen LogP contribution is 2.26. The molecule has 4 heterocycles. The molecule has 2 N–H and O–H groups in total. The van der Waals surface area contributed by atoms with Crippen molar-refractivity contribution in [3.8, 4) is 0 Å². The van der Waals surface area contributed by atoms with Crippen LogP contribution in [0.2, 0.25) is 0 Å². The number of fused-ring (bicyclic) bond motifs is 2. The number of hydrogen-bond donors (Lipinski definition) is 2. The number of aryl methyl sites for hydroxylation is 3. The number of amides is 1. The second kappa shape index (κ2) is 7.97. The number of hydrogen-bond acceptors (Lipinski definition) is 8. The molecule has 1 unspecified atom stereocenters. The fourth-order valence-electron chi connectivity index (χ4n) is 2.99. The minimum atomic E-state index is -0.470. The van der Waals surface area contributed by atoms with Gasteiger partial charge in [0.25, 0.3) is 17.0 Å². The SMILES string of the molecule is Cc1sc2nc(CSC(C)C(=O)Nn3c(C)nc4sccc4c3=O)[nH]c(=O)c2c1C. The number of aromatic nitrogens is 4. The molecule has 8 nitrogen and oxygen atoms in total. The highest BCUT2D eigenvalue weighted by Gasteiger charge is 2.18. The smallest absolute Gasteiger partial charge is 0.281 e. The summed E-state index contributed by atoms with van der Waals surface area (Å²) >= 11 is 4.20. The number of aromatic amines is 1. The van der Waals surface area contributed by atoms with Crippen molar-refractivity contribution >= 4 is 60.8 Å². The van der Waals surface area contributed by atoms with Gasteiger partial charge in [-0.15, -0.1) is 34.4 Å². The highest BCUT2D eigenvalue weighted by atomic mass is 32.2. The summed E-state index contributed by atoms with van der Waals surface area (Å²) in [4.78, 5) is 51.8. The maximum atomic E-state index is 12.6. The van der Waals surface area contributed by atoms with E-state index in [2.05, 4.69) is 20.4 Å². The summed E-state index contributed by atoms with van der Waals surface area (Å²) in [7, 11) is 0. The fraction of sp³-hybridized carbons (Fsp3) is 0.316. The molecule has 0 radical (unpaired) electrons. The molecule has 0 aliphatic heterocycles. The molecule has 4 aromatic rings. The second-order valence-corrected chi connectivity index (χ2v) is 10.3. The number of H-pyrrole nitrogens is 1. The average molecular weight is 462 g/mol. The molecule has 30 heavy (non-hydrogen) atoms. The first-order valence-electron chi connectivity index (χ1n) is 9.14. The Balaban J connectivity index is 1.49. The van der Waals surface area contributed by atoms with E-state index in [1.54, 1.807) is 25.3 Å². The van der Waals surface area contributed by atoms with Gasteiger partial charge in [-0.1, -0.05) is 0 Å². The van der Waals surface area contributed by atoms with Crippen LogP contribution in [0.4, 0.5) is 0 Å². The third-order valence-corrected chi connectivity index (χ3v) is 7.88. The lowest BCUT2D eigenvalue weighted by atomic mass is 10.2. The zero-order valence-corrected chi connectivity index (χ0v) is 19.2. The summed E-state index contributed by atoms with van der Waals surface area (Å²) in [6, 6.07) is 1.70. The van der Waals surface area contributed by atoms with Gasteiger partial charge in [-0.2, -0.15) is 0 Å². The van der Waals surface area contributed by atoms with E-state index >= 15 is 0 Å². The maximum Gasteiger partial charge on any atom is 0.281 e. The standard InChI is InChI=1S/C19H19N5O3S3/c1-8-9(2)30-18-14(8)16(26)21-13(22-18)7-29-10(3)15(25)23-24-11(4)20-17-12(19(24)27)5-6-28-17/h5-6,10H,7H2,1-4H3,(H,23,25)(H,21,22,26).